The van der Waals surface area contributed by atoms with E-state index in [1.165, 1.54) is 13.2 Å². The number of nitrogens with one attached hydrogen (secondary N) is 1. The lowest BCUT2D eigenvalue weighted by Gasteiger charge is -2.41. The van der Waals surface area contributed by atoms with Crippen LogP contribution in [0, 0.1) is 9.49 Å². The molecule has 41 heavy (non-hydrogen) atoms. The summed E-state index contributed by atoms with van der Waals surface area (Å²) >= 11 is 14.4. The number of aliphatic hydroxyl groups excluding tert-OH is 3. The highest BCUT2D eigenvalue weighted by atomic mass is 127. The van der Waals surface area contributed by atoms with Crippen molar-refractivity contribution in [1.82, 2.24) is 10.2 Å². The first-order chi connectivity index (χ1) is 19.5. The van der Waals surface area contributed by atoms with Gasteiger partial charge >= 0.3 is 0 Å². The Balaban J connectivity index is 2.06. The summed E-state index contributed by atoms with van der Waals surface area (Å²) in [6.45, 7) is 3.58. The maximum Gasteiger partial charge on any atom is 0.247 e. The van der Waals surface area contributed by atoms with Crippen molar-refractivity contribution in [1.29, 1.82) is 0 Å². The number of carbonyl (C=O) groups is 2. The molecule has 2 amide bonds. The molecule has 3 atom stereocenters. The Morgan fingerprint density at radius 1 is 1.15 bits per heavy atom. The molecule has 2 aromatic carbocycles. The molecule has 3 unspecified atom stereocenters. The zero-order chi connectivity index (χ0) is 30.3. The maximum atomic E-state index is 13.6. The van der Waals surface area contributed by atoms with Gasteiger partial charge in [-0.1, -0.05) is 43.1 Å². The largest absolute Gasteiger partial charge is 0.493 e. The number of amides is 2. The number of hydrogen-bond acceptors (Lipinski definition) is 7. The van der Waals surface area contributed by atoms with E-state index in [0.29, 0.717) is 41.8 Å². The number of halogens is 3. The molecular formula is C29H35Cl2IN2O7. The van der Waals surface area contributed by atoms with Crippen molar-refractivity contribution in [3.63, 3.8) is 0 Å². The van der Waals surface area contributed by atoms with Gasteiger partial charge in [-0.25, -0.2) is 0 Å². The predicted molar refractivity (Wildman–Crippen MR) is 165 cm³/mol. The highest BCUT2D eigenvalue weighted by Crippen LogP contribution is 2.37. The first kappa shape index (κ1) is 33.4. The zero-order valence-electron chi connectivity index (χ0n) is 23.1. The maximum absolute atomic E-state index is 13.6. The van der Waals surface area contributed by atoms with Crippen LogP contribution < -0.4 is 14.8 Å². The number of carbonyl (C=O) groups excluding carboxylic acids is 2. The Morgan fingerprint density at radius 2 is 1.88 bits per heavy atom. The average Bonchev–Trinajstić information content (AvgIpc) is 2.93. The van der Waals surface area contributed by atoms with Crippen LogP contribution in [-0.4, -0.2) is 70.5 Å². The number of nitrogens with zero attached hydrogens (tertiary/aromatic N) is 1. The molecule has 4 N–H and O–H groups in total. The predicted octanol–water partition coefficient (Wildman–Crippen LogP) is 4.09. The van der Waals surface area contributed by atoms with Crippen molar-refractivity contribution in [3.8, 4) is 11.5 Å². The second kappa shape index (κ2) is 15.4. The summed E-state index contributed by atoms with van der Waals surface area (Å²) in [5.74, 6) is 0.0766. The molecule has 224 valence electrons. The number of rotatable bonds is 12. The molecule has 0 aliphatic heterocycles. The quantitative estimate of drug-likeness (QED) is 0.243. The van der Waals surface area contributed by atoms with Gasteiger partial charge in [-0.3, -0.25) is 9.59 Å². The Bertz CT molecular complexity index is 1270. The van der Waals surface area contributed by atoms with Gasteiger partial charge in [0.2, 0.25) is 11.8 Å². The van der Waals surface area contributed by atoms with Crippen molar-refractivity contribution in [2.24, 2.45) is 5.92 Å². The van der Waals surface area contributed by atoms with Gasteiger partial charge in [0.1, 0.15) is 12.2 Å². The minimum absolute atomic E-state index is 0.0442. The number of methoxy groups -OCH3 is 1. The van der Waals surface area contributed by atoms with Crippen LogP contribution in [0.4, 0.5) is 0 Å². The van der Waals surface area contributed by atoms with Crippen LogP contribution in [0.1, 0.15) is 37.8 Å². The molecule has 2 aromatic rings. The van der Waals surface area contributed by atoms with Gasteiger partial charge in [0.05, 0.1) is 40.0 Å². The van der Waals surface area contributed by atoms with Gasteiger partial charge in [-0.05, 0) is 70.0 Å². The van der Waals surface area contributed by atoms with Gasteiger partial charge in [0.25, 0.3) is 0 Å². The summed E-state index contributed by atoms with van der Waals surface area (Å²) in [6, 6.07) is 7.60. The van der Waals surface area contributed by atoms with Crippen molar-refractivity contribution < 1.29 is 34.4 Å². The van der Waals surface area contributed by atoms with Crippen LogP contribution in [0.3, 0.4) is 0 Å². The molecule has 0 spiro atoms. The van der Waals surface area contributed by atoms with Crippen LogP contribution in [0.25, 0.3) is 0 Å². The van der Waals surface area contributed by atoms with E-state index >= 15 is 0 Å². The van der Waals surface area contributed by atoms with Gasteiger partial charge in [0, 0.05) is 31.5 Å². The van der Waals surface area contributed by atoms with Gasteiger partial charge in [-0.15, -0.1) is 0 Å². The zero-order valence-corrected chi connectivity index (χ0v) is 26.7. The Kier molecular flexibility index (Phi) is 12.6. The van der Waals surface area contributed by atoms with E-state index in [4.69, 9.17) is 32.7 Å². The molecule has 9 nitrogen and oxygen atoms in total. The molecule has 0 heterocycles. The smallest absolute Gasteiger partial charge is 0.247 e. The van der Waals surface area contributed by atoms with Crippen molar-refractivity contribution in [3.05, 3.63) is 66.7 Å². The van der Waals surface area contributed by atoms with E-state index in [1.54, 1.807) is 35.2 Å². The minimum Gasteiger partial charge on any atom is -0.493 e. The highest BCUT2D eigenvalue weighted by Gasteiger charge is 2.41. The van der Waals surface area contributed by atoms with Crippen molar-refractivity contribution >= 4 is 57.6 Å². The van der Waals surface area contributed by atoms with Crippen LogP contribution in [0.2, 0.25) is 10.0 Å². The Hall–Kier alpha value is -2.09. The molecular weight excluding hydrogens is 686 g/mol. The fourth-order valence-corrected chi connectivity index (χ4v) is 5.70. The third-order valence-corrected chi connectivity index (χ3v) is 8.12. The van der Waals surface area contributed by atoms with E-state index in [-0.39, 0.29) is 51.0 Å². The SMILES string of the molecule is COc1cc(CO)cc(I)c1OC1C=C(C(=O)NCCO)CC(N(Cc2ccc(Cl)c(Cl)c2)C(=O)CC(C)C)C1O. The lowest BCUT2D eigenvalue weighted by molar-refractivity contribution is -0.140. The van der Waals surface area contributed by atoms with Crippen molar-refractivity contribution in [2.45, 2.75) is 58.1 Å². The van der Waals surface area contributed by atoms with Gasteiger partial charge in [0.15, 0.2) is 11.5 Å². The summed E-state index contributed by atoms with van der Waals surface area (Å²) in [5.41, 5.74) is 1.63. The Morgan fingerprint density at radius 3 is 2.49 bits per heavy atom. The molecule has 3 rings (SSSR count). The first-order valence-electron chi connectivity index (χ1n) is 13.1. The number of ether oxygens (including phenoxy) is 2. The number of aliphatic hydroxyl groups is 3. The fourth-order valence-electron chi connectivity index (χ4n) is 4.59. The summed E-state index contributed by atoms with van der Waals surface area (Å²) < 4.78 is 12.4. The normalized spacial score (nSPS) is 18.6. The van der Waals surface area contributed by atoms with E-state index in [1.807, 2.05) is 36.4 Å². The summed E-state index contributed by atoms with van der Waals surface area (Å²) in [7, 11) is 1.46. The Labute approximate surface area is 263 Å². The van der Waals surface area contributed by atoms with Crippen LogP contribution in [0.15, 0.2) is 42.0 Å². The highest BCUT2D eigenvalue weighted by molar-refractivity contribution is 14.1. The third-order valence-electron chi connectivity index (χ3n) is 6.58. The summed E-state index contributed by atoms with van der Waals surface area (Å²) in [4.78, 5) is 28.2. The monoisotopic (exact) mass is 720 g/mol. The summed E-state index contributed by atoms with van der Waals surface area (Å²) in [5, 5.41) is 33.9. The molecule has 0 fully saturated rings. The lowest BCUT2D eigenvalue weighted by Crippen LogP contribution is -2.55. The summed E-state index contributed by atoms with van der Waals surface area (Å²) in [6.07, 6.45) is -0.440. The van der Waals surface area contributed by atoms with Crippen LogP contribution in [0.5, 0.6) is 11.5 Å². The van der Waals surface area contributed by atoms with E-state index < -0.39 is 24.2 Å². The van der Waals surface area contributed by atoms with E-state index in [2.05, 4.69) is 5.32 Å². The molecule has 1 aliphatic carbocycles. The van der Waals surface area contributed by atoms with Crippen molar-refractivity contribution in [2.75, 3.05) is 20.3 Å². The lowest BCUT2D eigenvalue weighted by atomic mass is 9.87. The minimum atomic E-state index is -1.22. The topological polar surface area (TPSA) is 129 Å². The first-order valence-corrected chi connectivity index (χ1v) is 15.0. The van der Waals surface area contributed by atoms with E-state index in [0.717, 1.165) is 0 Å². The van der Waals surface area contributed by atoms with Gasteiger partial charge < -0.3 is 35.0 Å². The van der Waals surface area contributed by atoms with E-state index in [9.17, 15) is 24.9 Å². The second-order valence-electron chi connectivity index (χ2n) is 10.2. The standard InChI is InChI=1S/C29H35Cl2IN2O7/c1-16(2)8-26(37)34(14-17-4-5-20(30)21(31)9-17)23-12-19(29(39)33-6-7-35)13-24(27(23)38)41-28-22(32)10-18(15-36)11-25(28)40-3/h4-5,9-11,13,16,23-24,27,35-36,38H,6-8,12,14-15H2,1-3H3,(H,33,39). The number of benzene rings is 2. The molecule has 12 heteroatoms. The third kappa shape index (κ3) is 8.71. The number of hydrogen-bond donors (Lipinski definition) is 4. The molecule has 0 saturated heterocycles. The van der Waals surface area contributed by atoms with Crippen LogP contribution in [-0.2, 0) is 22.7 Å². The fraction of sp³-hybridized carbons (Fsp3) is 0.448. The molecule has 0 bridgehead atoms. The second-order valence-corrected chi connectivity index (χ2v) is 12.1. The molecule has 0 aromatic heterocycles. The van der Waals surface area contributed by atoms with Gasteiger partial charge in [-0.2, -0.15) is 0 Å². The van der Waals surface area contributed by atoms with Crippen LogP contribution >= 0.6 is 45.8 Å². The molecule has 0 saturated carbocycles. The average molecular weight is 721 g/mol. The molecule has 1 aliphatic rings. The molecule has 0 radical (unpaired) electrons.